The van der Waals surface area contributed by atoms with Gasteiger partial charge in [0.05, 0.1) is 18.7 Å². The maximum Gasteiger partial charge on any atom is 0.270 e. The first-order valence-corrected chi connectivity index (χ1v) is 7.48. The lowest BCUT2D eigenvalue weighted by Gasteiger charge is -2.17. The van der Waals surface area contributed by atoms with E-state index in [1.165, 1.54) is 11.3 Å². The van der Waals surface area contributed by atoms with E-state index in [4.69, 9.17) is 9.47 Å². The minimum Gasteiger partial charge on any atom is -0.493 e. The van der Waals surface area contributed by atoms with Gasteiger partial charge in [-0.05, 0) is 26.0 Å². The number of carbonyl (C=O) groups excluding carboxylic acids is 1. The largest absolute Gasteiger partial charge is 0.493 e. The van der Waals surface area contributed by atoms with Crippen molar-refractivity contribution in [3.63, 3.8) is 0 Å². The molecular formula is C15H18N2O3S. The zero-order valence-corrected chi connectivity index (χ0v) is 13.1. The van der Waals surface area contributed by atoms with Crippen LogP contribution in [0, 0.1) is 6.92 Å². The van der Waals surface area contributed by atoms with Gasteiger partial charge in [-0.3, -0.25) is 4.79 Å². The van der Waals surface area contributed by atoms with E-state index in [9.17, 15) is 4.79 Å². The van der Waals surface area contributed by atoms with Gasteiger partial charge in [0.1, 0.15) is 11.8 Å². The van der Waals surface area contributed by atoms with Crippen LogP contribution in [0.3, 0.4) is 0 Å². The molecule has 1 aromatic carbocycles. The van der Waals surface area contributed by atoms with Gasteiger partial charge in [-0.1, -0.05) is 12.1 Å². The minimum absolute atomic E-state index is 0.176. The van der Waals surface area contributed by atoms with Crippen LogP contribution in [-0.2, 0) is 0 Å². The zero-order chi connectivity index (χ0) is 15.2. The SMILES string of the molecule is COc1ccccc1O[C@@H](C)CNC(=O)c1csc(C)n1. The summed E-state index contributed by atoms with van der Waals surface area (Å²) >= 11 is 1.45. The number of hydrogen-bond acceptors (Lipinski definition) is 5. The second-order valence-electron chi connectivity index (χ2n) is 4.54. The second-order valence-corrected chi connectivity index (χ2v) is 5.60. The molecule has 0 fully saturated rings. The molecule has 21 heavy (non-hydrogen) atoms. The van der Waals surface area contributed by atoms with Crippen LogP contribution in [0.5, 0.6) is 11.5 Å². The zero-order valence-electron chi connectivity index (χ0n) is 12.3. The molecule has 0 unspecified atom stereocenters. The lowest BCUT2D eigenvalue weighted by molar-refractivity contribution is 0.0927. The maximum absolute atomic E-state index is 11.9. The number of para-hydroxylation sites is 2. The van der Waals surface area contributed by atoms with Gasteiger partial charge in [-0.2, -0.15) is 0 Å². The first-order valence-electron chi connectivity index (χ1n) is 6.60. The van der Waals surface area contributed by atoms with Crippen LogP contribution in [0.15, 0.2) is 29.6 Å². The Balaban J connectivity index is 1.87. The van der Waals surface area contributed by atoms with Gasteiger partial charge < -0.3 is 14.8 Å². The summed E-state index contributed by atoms with van der Waals surface area (Å²) in [5.74, 6) is 1.15. The fourth-order valence-electron chi connectivity index (χ4n) is 1.77. The number of ether oxygens (including phenoxy) is 2. The number of nitrogens with one attached hydrogen (secondary N) is 1. The standard InChI is InChI=1S/C15H18N2O3S/c1-10(20-14-7-5-4-6-13(14)19-3)8-16-15(18)12-9-21-11(2)17-12/h4-7,9-10H,8H2,1-3H3,(H,16,18)/t10-/m0/s1. The van der Waals surface area contributed by atoms with E-state index in [0.29, 0.717) is 23.7 Å². The number of aryl methyl sites for hydroxylation is 1. The molecule has 112 valence electrons. The Kier molecular flexibility index (Phi) is 5.16. The van der Waals surface area contributed by atoms with Crippen LogP contribution in [0.1, 0.15) is 22.4 Å². The smallest absolute Gasteiger partial charge is 0.270 e. The number of benzene rings is 1. The molecule has 0 radical (unpaired) electrons. The van der Waals surface area contributed by atoms with Crippen molar-refractivity contribution in [3.8, 4) is 11.5 Å². The van der Waals surface area contributed by atoms with Gasteiger partial charge in [0.15, 0.2) is 11.5 Å². The predicted molar refractivity (Wildman–Crippen MR) is 82.3 cm³/mol. The van der Waals surface area contributed by atoms with E-state index in [1.54, 1.807) is 12.5 Å². The van der Waals surface area contributed by atoms with Crippen molar-refractivity contribution in [3.05, 3.63) is 40.3 Å². The van der Waals surface area contributed by atoms with Crippen molar-refractivity contribution < 1.29 is 14.3 Å². The molecule has 0 saturated carbocycles. The van der Waals surface area contributed by atoms with Gasteiger partial charge >= 0.3 is 0 Å². The Hall–Kier alpha value is -2.08. The van der Waals surface area contributed by atoms with Crippen molar-refractivity contribution in [2.45, 2.75) is 20.0 Å². The van der Waals surface area contributed by atoms with Crippen LogP contribution in [-0.4, -0.2) is 30.6 Å². The summed E-state index contributed by atoms with van der Waals surface area (Å²) in [4.78, 5) is 16.0. The van der Waals surface area contributed by atoms with Crippen molar-refractivity contribution in [2.24, 2.45) is 0 Å². The highest BCUT2D eigenvalue weighted by Crippen LogP contribution is 2.26. The Morgan fingerprint density at radius 1 is 1.38 bits per heavy atom. The van der Waals surface area contributed by atoms with Crippen LogP contribution in [0.25, 0.3) is 0 Å². The van der Waals surface area contributed by atoms with E-state index in [0.717, 1.165) is 5.01 Å². The van der Waals surface area contributed by atoms with E-state index < -0.39 is 0 Å². The van der Waals surface area contributed by atoms with E-state index in [-0.39, 0.29) is 12.0 Å². The third kappa shape index (κ3) is 4.19. The molecule has 1 atom stereocenters. The molecule has 1 aromatic heterocycles. The maximum atomic E-state index is 11.9. The average Bonchev–Trinajstić information content (AvgIpc) is 2.92. The molecule has 2 aromatic rings. The Labute approximate surface area is 127 Å². The van der Waals surface area contributed by atoms with Crippen LogP contribution < -0.4 is 14.8 Å². The van der Waals surface area contributed by atoms with E-state index in [1.807, 2.05) is 38.1 Å². The van der Waals surface area contributed by atoms with E-state index >= 15 is 0 Å². The fourth-order valence-corrected chi connectivity index (χ4v) is 2.36. The van der Waals surface area contributed by atoms with Gasteiger partial charge in [0.25, 0.3) is 5.91 Å². The highest BCUT2D eigenvalue weighted by Gasteiger charge is 2.12. The number of hydrogen-bond donors (Lipinski definition) is 1. The van der Waals surface area contributed by atoms with Gasteiger partial charge in [-0.15, -0.1) is 11.3 Å². The van der Waals surface area contributed by atoms with Crippen molar-refractivity contribution >= 4 is 17.2 Å². The number of nitrogens with zero attached hydrogens (tertiary/aromatic N) is 1. The monoisotopic (exact) mass is 306 g/mol. The number of aromatic nitrogens is 1. The second kappa shape index (κ2) is 7.08. The number of rotatable bonds is 6. The molecule has 0 aliphatic rings. The number of carbonyl (C=O) groups is 1. The fraction of sp³-hybridized carbons (Fsp3) is 0.333. The molecule has 6 heteroatoms. The molecule has 2 rings (SSSR count). The summed E-state index contributed by atoms with van der Waals surface area (Å²) in [7, 11) is 1.60. The Morgan fingerprint density at radius 2 is 2.10 bits per heavy atom. The van der Waals surface area contributed by atoms with E-state index in [2.05, 4.69) is 10.3 Å². The minimum atomic E-state index is -0.185. The lowest BCUT2D eigenvalue weighted by atomic mass is 10.3. The van der Waals surface area contributed by atoms with Crippen LogP contribution in [0.2, 0.25) is 0 Å². The summed E-state index contributed by atoms with van der Waals surface area (Å²) in [5.41, 5.74) is 0.446. The average molecular weight is 306 g/mol. The number of thiazole rings is 1. The predicted octanol–water partition coefficient (Wildman–Crippen LogP) is 2.66. The number of methoxy groups -OCH3 is 1. The van der Waals surface area contributed by atoms with Crippen molar-refractivity contribution in [2.75, 3.05) is 13.7 Å². The van der Waals surface area contributed by atoms with Gasteiger partial charge in [-0.25, -0.2) is 4.98 Å². The van der Waals surface area contributed by atoms with Crippen molar-refractivity contribution in [1.29, 1.82) is 0 Å². The quantitative estimate of drug-likeness (QED) is 0.891. The Bertz CT molecular complexity index is 612. The normalized spacial score (nSPS) is 11.8. The first-order chi connectivity index (χ1) is 10.1. The molecule has 5 nitrogen and oxygen atoms in total. The molecule has 0 saturated heterocycles. The molecule has 1 heterocycles. The molecular weight excluding hydrogens is 288 g/mol. The van der Waals surface area contributed by atoms with Crippen molar-refractivity contribution in [1.82, 2.24) is 10.3 Å². The summed E-state index contributed by atoms with van der Waals surface area (Å²) < 4.78 is 11.0. The summed E-state index contributed by atoms with van der Waals surface area (Å²) in [5, 5.41) is 5.43. The molecule has 0 bridgehead atoms. The third-order valence-electron chi connectivity index (χ3n) is 2.80. The Morgan fingerprint density at radius 3 is 2.71 bits per heavy atom. The number of amides is 1. The molecule has 0 spiro atoms. The summed E-state index contributed by atoms with van der Waals surface area (Å²) in [6.07, 6.45) is -0.176. The van der Waals surface area contributed by atoms with Gasteiger partial charge in [0.2, 0.25) is 0 Å². The molecule has 0 aliphatic carbocycles. The highest BCUT2D eigenvalue weighted by molar-refractivity contribution is 7.09. The van der Waals surface area contributed by atoms with Crippen LogP contribution >= 0.6 is 11.3 Å². The third-order valence-corrected chi connectivity index (χ3v) is 3.57. The molecule has 1 N–H and O–H groups in total. The van der Waals surface area contributed by atoms with Gasteiger partial charge in [0, 0.05) is 5.38 Å². The summed E-state index contributed by atoms with van der Waals surface area (Å²) in [6, 6.07) is 7.42. The molecule has 1 amide bonds. The van der Waals surface area contributed by atoms with Crippen LogP contribution in [0.4, 0.5) is 0 Å². The molecule has 0 aliphatic heterocycles. The topological polar surface area (TPSA) is 60.5 Å². The highest BCUT2D eigenvalue weighted by atomic mass is 32.1. The first kappa shape index (κ1) is 15.3. The lowest BCUT2D eigenvalue weighted by Crippen LogP contribution is -2.33. The summed E-state index contributed by atoms with van der Waals surface area (Å²) in [6.45, 7) is 4.15.